The quantitative estimate of drug-likeness (QED) is 0.326. The van der Waals surface area contributed by atoms with E-state index in [9.17, 15) is 14.7 Å². The highest BCUT2D eigenvalue weighted by Crippen LogP contribution is 2.42. The number of fused-ring (bicyclic) bond motifs is 1. The molecule has 0 radical (unpaired) electrons. The summed E-state index contributed by atoms with van der Waals surface area (Å²) in [5.41, 5.74) is 1.63. The number of hydrogen-bond acceptors (Lipinski definition) is 7. The van der Waals surface area contributed by atoms with Crippen molar-refractivity contribution in [2.24, 2.45) is 13.0 Å². The van der Waals surface area contributed by atoms with Crippen molar-refractivity contribution in [3.8, 4) is 23.0 Å². The third-order valence-electron chi connectivity index (χ3n) is 7.95. The fraction of sp³-hybridized carbons (Fsp3) is 0.406. The van der Waals surface area contributed by atoms with Gasteiger partial charge in [-0.15, -0.1) is 0 Å². The van der Waals surface area contributed by atoms with Crippen LogP contribution >= 0.6 is 0 Å². The number of methoxy groups -OCH3 is 1. The number of aromatic nitrogens is 1. The predicted molar refractivity (Wildman–Crippen MR) is 155 cm³/mol. The third kappa shape index (κ3) is 6.28. The third-order valence-corrected chi connectivity index (χ3v) is 7.95. The molecule has 42 heavy (non-hydrogen) atoms. The van der Waals surface area contributed by atoms with Crippen LogP contribution < -0.4 is 28.4 Å². The zero-order valence-electron chi connectivity index (χ0n) is 24.3. The van der Waals surface area contributed by atoms with Crippen LogP contribution in [0.2, 0.25) is 0 Å². The first-order chi connectivity index (χ1) is 20.4. The average molecular weight is 577 g/mol. The van der Waals surface area contributed by atoms with Crippen molar-refractivity contribution >= 4 is 17.6 Å². The van der Waals surface area contributed by atoms with Crippen molar-refractivity contribution < 1.29 is 38.2 Å². The van der Waals surface area contributed by atoms with Gasteiger partial charge in [0.1, 0.15) is 19.3 Å². The van der Waals surface area contributed by atoms with Crippen LogP contribution in [0.1, 0.15) is 31.2 Å². The largest absolute Gasteiger partial charge is 0.493 e. The number of carbonyl (C=O) groups is 2. The molecule has 0 saturated carbocycles. The maximum atomic E-state index is 13.9. The van der Waals surface area contributed by atoms with Crippen LogP contribution in [0.15, 0.2) is 67.0 Å². The Balaban J connectivity index is 1.46. The lowest BCUT2D eigenvalue weighted by molar-refractivity contribution is -0.670. The number of unbranched alkanes of at least 4 members (excludes halogenated alkanes) is 1. The summed E-state index contributed by atoms with van der Waals surface area (Å²) in [6, 6.07) is 16.1. The van der Waals surface area contributed by atoms with Gasteiger partial charge in [-0.05, 0) is 42.3 Å². The Morgan fingerprint density at radius 2 is 1.88 bits per heavy atom. The van der Waals surface area contributed by atoms with Gasteiger partial charge in [0.15, 0.2) is 35.4 Å². The molecule has 1 unspecified atom stereocenters. The second kappa shape index (κ2) is 13.1. The van der Waals surface area contributed by atoms with Crippen LogP contribution in [-0.4, -0.2) is 68.1 Å². The van der Waals surface area contributed by atoms with E-state index in [2.05, 4.69) is 6.92 Å². The lowest BCUT2D eigenvalue weighted by Crippen LogP contribution is -2.47. The average Bonchev–Trinajstić information content (AvgIpc) is 3.60. The Kier molecular flexibility index (Phi) is 9.12. The number of likely N-dealkylation sites (tertiary alicyclic amines) is 1. The molecule has 222 valence electrons. The Labute approximate surface area is 246 Å². The van der Waals surface area contributed by atoms with E-state index in [4.69, 9.17) is 18.9 Å². The Morgan fingerprint density at radius 3 is 2.62 bits per heavy atom. The van der Waals surface area contributed by atoms with Crippen LogP contribution in [0.3, 0.4) is 0 Å². The summed E-state index contributed by atoms with van der Waals surface area (Å²) in [5, 5.41) is 10.5. The van der Waals surface area contributed by atoms with E-state index < -0.39 is 23.8 Å². The maximum absolute atomic E-state index is 13.9. The highest BCUT2D eigenvalue weighted by atomic mass is 16.7. The number of para-hydroxylation sites is 2. The van der Waals surface area contributed by atoms with Crippen LogP contribution in [-0.2, 0) is 16.6 Å². The monoisotopic (exact) mass is 576 g/mol. The Hall–Kier alpha value is -4.31. The number of amides is 1. The minimum atomic E-state index is -0.945. The molecule has 1 saturated heterocycles. The van der Waals surface area contributed by atoms with Gasteiger partial charge in [-0.3, -0.25) is 14.5 Å². The second-order valence-corrected chi connectivity index (χ2v) is 10.7. The van der Waals surface area contributed by atoms with Gasteiger partial charge < -0.3 is 29.0 Å². The number of carbonyl (C=O) groups excluding carboxylic acids is 1. The maximum Gasteiger partial charge on any atom is 0.308 e. The first kappa shape index (κ1) is 29.2. The molecular weight excluding hydrogens is 538 g/mol. The van der Waals surface area contributed by atoms with E-state index >= 15 is 0 Å². The summed E-state index contributed by atoms with van der Waals surface area (Å²) in [5.74, 6) is 0.0426. The number of pyridine rings is 1. The lowest BCUT2D eigenvalue weighted by Gasteiger charge is -2.29. The first-order valence-corrected chi connectivity index (χ1v) is 14.3. The minimum absolute atomic E-state index is 0.0487. The summed E-state index contributed by atoms with van der Waals surface area (Å²) in [7, 11) is 3.48. The van der Waals surface area contributed by atoms with E-state index in [1.807, 2.05) is 71.4 Å². The standard InChI is InChI=1S/C32H37N3O7/c1-4-5-15-35(23-9-8-14-33(2)17-23)30(36)19-34-18-24(22-12-13-28-29(16-22)42-21-41-28)31(32(37)38)25(34)20-40-27-11-7-6-10-26(27)39-3/h6-14,16-17,24-25,31H,4-5,15,18-21H2,1-3H3/p+1/t24-,25+,31?/m1/s1. The fourth-order valence-electron chi connectivity index (χ4n) is 5.80. The lowest BCUT2D eigenvalue weighted by atomic mass is 9.85. The van der Waals surface area contributed by atoms with Crippen molar-refractivity contribution in [1.82, 2.24) is 4.90 Å². The van der Waals surface area contributed by atoms with Gasteiger partial charge in [0, 0.05) is 25.1 Å². The molecular formula is C32H38N3O7+. The van der Waals surface area contributed by atoms with Crippen molar-refractivity contribution in [1.29, 1.82) is 0 Å². The fourth-order valence-corrected chi connectivity index (χ4v) is 5.80. The molecule has 3 atom stereocenters. The number of rotatable bonds is 12. The van der Waals surface area contributed by atoms with Crippen molar-refractivity contribution in [3.05, 3.63) is 72.6 Å². The van der Waals surface area contributed by atoms with Gasteiger partial charge in [0.05, 0.1) is 25.6 Å². The van der Waals surface area contributed by atoms with Crippen LogP contribution in [0, 0.1) is 5.92 Å². The second-order valence-electron chi connectivity index (χ2n) is 10.7. The topological polar surface area (TPSA) is 102 Å². The van der Waals surface area contributed by atoms with Crippen LogP contribution in [0.25, 0.3) is 0 Å². The minimum Gasteiger partial charge on any atom is -0.493 e. The van der Waals surface area contributed by atoms with Gasteiger partial charge >= 0.3 is 5.97 Å². The highest BCUT2D eigenvalue weighted by Gasteiger charge is 2.48. The van der Waals surface area contributed by atoms with Crippen molar-refractivity contribution in [3.63, 3.8) is 0 Å². The molecule has 10 nitrogen and oxygen atoms in total. The molecule has 3 aromatic rings. The number of anilines is 1. The Morgan fingerprint density at radius 1 is 1.10 bits per heavy atom. The zero-order valence-corrected chi connectivity index (χ0v) is 24.3. The molecule has 2 aliphatic rings. The van der Waals surface area contributed by atoms with Crippen molar-refractivity contribution in [2.75, 3.05) is 45.0 Å². The number of nitrogens with zero attached hydrogens (tertiary/aromatic N) is 3. The van der Waals surface area contributed by atoms with Gasteiger partial charge in [-0.2, -0.15) is 0 Å². The van der Waals surface area contributed by atoms with E-state index in [1.54, 1.807) is 24.1 Å². The smallest absolute Gasteiger partial charge is 0.308 e. The number of benzene rings is 2. The number of aryl methyl sites for hydroxylation is 1. The normalized spacial score (nSPS) is 19.5. The number of hydrogen-bond donors (Lipinski definition) is 1. The van der Waals surface area contributed by atoms with Crippen LogP contribution in [0.5, 0.6) is 23.0 Å². The van der Waals surface area contributed by atoms with Crippen LogP contribution in [0.4, 0.5) is 5.69 Å². The summed E-state index contributed by atoms with van der Waals surface area (Å²) in [6.45, 7) is 3.28. The molecule has 0 spiro atoms. The number of carboxylic acids is 1. The van der Waals surface area contributed by atoms with E-state index in [-0.39, 0.29) is 25.9 Å². The first-order valence-electron chi connectivity index (χ1n) is 14.3. The summed E-state index contributed by atoms with van der Waals surface area (Å²) < 4.78 is 24.6. The molecule has 3 heterocycles. The van der Waals surface area contributed by atoms with Gasteiger partial charge in [0.2, 0.25) is 12.7 Å². The molecule has 0 bridgehead atoms. The predicted octanol–water partition coefficient (Wildman–Crippen LogP) is 3.63. The molecule has 2 aliphatic heterocycles. The highest BCUT2D eigenvalue weighted by molar-refractivity contribution is 5.94. The molecule has 5 rings (SSSR count). The molecule has 1 amide bonds. The molecule has 1 fully saturated rings. The molecule has 1 aromatic heterocycles. The molecule has 2 aromatic carbocycles. The summed E-state index contributed by atoms with van der Waals surface area (Å²) in [6.07, 6.45) is 5.64. The van der Waals surface area contributed by atoms with Gasteiger partial charge in [-0.1, -0.05) is 31.5 Å². The SMILES string of the molecule is CCCCN(C(=O)CN1C[C@H](c2ccc3c(c2)OCO3)C(C(=O)O)[C@@H]1COc1ccccc1OC)c1ccc[n+](C)c1. The molecule has 10 heteroatoms. The summed E-state index contributed by atoms with van der Waals surface area (Å²) in [4.78, 5) is 30.6. The number of carboxylic acid groups (broad SMARTS) is 1. The summed E-state index contributed by atoms with van der Waals surface area (Å²) >= 11 is 0. The van der Waals surface area contributed by atoms with E-state index in [0.29, 0.717) is 36.1 Å². The Bertz CT molecular complexity index is 1410. The number of aliphatic carboxylic acids is 1. The molecule has 0 aliphatic carbocycles. The van der Waals surface area contributed by atoms with E-state index in [1.165, 1.54) is 0 Å². The van der Waals surface area contributed by atoms with Crippen molar-refractivity contribution in [2.45, 2.75) is 31.7 Å². The van der Waals surface area contributed by atoms with Gasteiger partial charge in [0.25, 0.3) is 0 Å². The number of ether oxygens (including phenoxy) is 4. The molecule has 1 N–H and O–H groups in total. The van der Waals surface area contributed by atoms with Gasteiger partial charge in [-0.25, -0.2) is 4.57 Å². The zero-order chi connectivity index (χ0) is 29.6. The van der Waals surface area contributed by atoms with E-state index in [0.717, 1.165) is 24.1 Å².